The molecule has 2 rings (SSSR count). The average molecular weight is 314 g/mol. The summed E-state index contributed by atoms with van der Waals surface area (Å²) in [6, 6.07) is 1.40. The smallest absolute Gasteiger partial charge is 0.254 e. The highest BCUT2D eigenvalue weighted by atomic mass is 35.5. The van der Waals surface area contributed by atoms with Gasteiger partial charge in [-0.3, -0.25) is 9.89 Å². The van der Waals surface area contributed by atoms with Crippen LogP contribution in [0.5, 0.6) is 0 Å². The normalized spacial score (nSPS) is 10.6. The summed E-state index contributed by atoms with van der Waals surface area (Å²) in [6.07, 6.45) is 3.43. The van der Waals surface area contributed by atoms with Gasteiger partial charge in [-0.05, 0) is 31.4 Å². The molecule has 0 unspecified atom stereocenters. The Labute approximate surface area is 125 Å². The van der Waals surface area contributed by atoms with Gasteiger partial charge in [0, 0.05) is 12.2 Å². The van der Waals surface area contributed by atoms with Crippen molar-refractivity contribution in [3.05, 3.63) is 39.4 Å². The van der Waals surface area contributed by atoms with Crippen molar-refractivity contribution in [2.45, 2.75) is 19.8 Å². The SMILES string of the molecule is Cc1[nH]ncc1CCCNC(=O)c1cc(Cl)nnc1Cl. The van der Waals surface area contributed by atoms with Crippen molar-refractivity contribution >= 4 is 29.1 Å². The number of nitrogens with one attached hydrogen (secondary N) is 2. The van der Waals surface area contributed by atoms with E-state index in [0.717, 1.165) is 24.1 Å². The minimum absolute atomic E-state index is 0.0394. The highest BCUT2D eigenvalue weighted by Gasteiger charge is 2.12. The summed E-state index contributed by atoms with van der Waals surface area (Å²) in [7, 11) is 0. The van der Waals surface area contributed by atoms with Gasteiger partial charge < -0.3 is 5.32 Å². The van der Waals surface area contributed by atoms with Crippen molar-refractivity contribution in [3.63, 3.8) is 0 Å². The first-order valence-corrected chi connectivity index (χ1v) is 6.79. The molecule has 106 valence electrons. The van der Waals surface area contributed by atoms with Crippen LogP contribution in [0.15, 0.2) is 12.3 Å². The van der Waals surface area contributed by atoms with Gasteiger partial charge >= 0.3 is 0 Å². The molecule has 6 nitrogen and oxygen atoms in total. The number of aryl methyl sites for hydroxylation is 2. The van der Waals surface area contributed by atoms with Gasteiger partial charge in [0.2, 0.25) is 0 Å². The number of carbonyl (C=O) groups excluding carboxylic acids is 1. The molecule has 0 fully saturated rings. The van der Waals surface area contributed by atoms with Gasteiger partial charge in [-0.1, -0.05) is 23.2 Å². The zero-order chi connectivity index (χ0) is 14.5. The van der Waals surface area contributed by atoms with E-state index in [1.54, 1.807) is 6.20 Å². The topological polar surface area (TPSA) is 83.6 Å². The summed E-state index contributed by atoms with van der Waals surface area (Å²) >= 11 is 11.5. The maximum atomic E-state index is 11.9. The Morgan fingerprint density at radius 1 is 1.40 bits per heavy atom. The average Bonchev–Trinajstić information content (AvgIpc) is 2.83. The first-order valence-electron chi connectivity index (χ1n) is 6.03. The molecule has 0 saturated heterocycles. The summed E-state index contributed by atoms with van der Waals surface area (Å²) in [5.41, 5.74) is 2.42. The molecule has 2 N–H and O–H groups in total. The Hall–Kier alpha value is -1.66. The molecular weight excluding hydrogens is 301 g/mol. The van der Waals surface area contributed by atoms with Gasteiger partial charge in [0.05, 0.1) is 11.8 Å². The van der Waals surface area contributed by atoms with Crippen molar-refractivity contribution in [2.24, 2.45) is 0 Å². The minimum Gasteiger partial charge on any atom is -0.352 e. The second-order valence-electron chi connectivity index (χ2n) is 4.25. The number of hydrogen-bond acceptors (Lipinski definition) is 4. The standard InChI is InChI=1S/C12H13Cl2N5O/c1-7-8(6-16-17-7)3-2-4-15-12(20)9-5-10(13)18-19-11(9)14/h5-6H,2-4H2,1H3,(H,15,20)(H,16,17). The van der Waals surface area contributed by atoms with E-state index in [-0.39, 0.29) is 21.8 Å². The molecule has 0 atom stereocenters. The fraction of sp³-hybridized carbons (Fsp3) is 0.333. The molecule has 0 spiro atoms. The van der Waals surface area contributed by atoms with E-state index in [1.807, 2.05) is 6.92 Å². The van der Waals surface area contributed by atoms with E-state index in [9.17, 15) is 4.79 Å². The van der Waals surface area contributed by atoms with E-state index in [4.69, 9.17) is 23.2 Å². The van der Waals surface area contributed by atoms with Crippen LogP contribution in [-0.2, 0) is 6.42 Å². The highest BCUT2D eigenvalue weighted by Crippen LogP contribution is 2.15. The van der Waals surface area contributed by atoms with Gasteiger partial charge in [0.1, 0.15) is 0 Å². The number of amides is 1. The van der Waals surface area contributed by atoms with Crippen molar-refractivity contribution in [2.75, 3.05) is 6.54 Å². The lowest BCUT2D eigenvalue weighted by atomic mass is 10.1. The summed E-state index contributed by atoms with van der Waals surface area (Å²) in [5, 5.41) is 16.9. The molecule has 20 heavy (non-hydrogen) atoms. The lowest BCUT2D eigenvalue weighted by Gasteiger charge is -2.06. The molecule has 0 aliphatic carbocycles. The lowest BCUT2D eigenvalue weighted by Crippen LogP contribution is -2.25. The zero-order valence-corrected chi connectivity index (χ0v) is 12.3. The van der Waals surface area contributed by atoms with Crippen LogP contribution in [0.4, 0.5) is 0 Å². The third kappa shape index (κ3) is 3.68. The third-order valence-electron chi connectivity index (χ3n) is 2.81. The van der Waals surface area contributed by atoms with E-state index < -0.39 is 0 Å². The first-order chi connectivity index (χ1) is 9.58. The molecule has 0 radical (unpaired) electrons. The molecule has 0 aliphatic heterocycles. The largest absolute Gasteiger partial charge is 0.352 e. The summed E-state index contributed by atoms with van der Waals surface area (Å²) < 4.78 is 0. The van der Waals surface area contributed by atoms with Gasteiger partial charge in [-0.2, -0.15) is 5.10 Å². The van der Waals surface area contributed by atoms with Crippen molar-refractivity contribution in [1.82, 2.24) is 25.7 Å². The Bertz CT molecular complexity index is 614. The van der Waals surface area contributed by atoms with E-state index in [1.165, 1.54) is 6.07 Å². The first kappa shape index (κ1) is 14.7. The molecule has 2 aromatic rings. The predicted molar refractivity (Wildman–Crippen MR) is 76.0 cm³/mol. The van der Waals surface area contributed by atoms with Crippen LogP contribution in [-0.4, -0.2) is 32.8 Å². The summed E-state index contributed by atoms with van der Waals surface area (Å²) in [5.74, 6) is -0.310. The molecule has 1 amide bonds. The Balaban J connectivity index is 1.83. The minimum atomic E-state index is -0.310. The number of hydrogen-bond donors (Lipinski definition) is 2. The van der Waals surface area contributed by atoms with Crippen LogP contribution >= 0.6 is 23.2 Å². The molecule has 0 bridgehead atoms. The zero-order valence-electron chi connectivity index (χ0n) is 10.8. The Morgan fingerprint density at radius 3 is 2.90 bits per heavy atom. The maximum absolute atomic E-state index is 11.9. The molecular formula is C12H13Cl2N5O. The van der Waals surface area contributed by atoms with Crippen LogP contribution in [0.1, 0.15) is 28.0 Å². The van der Waals surface area contributed by atoms with Gasteiger partial charge in [0.25, 0.3) is 5.91 Å². The molecule has 8 heteroatoms. The van der Waals surface area contributed by atoms with Gasteiger partial charge in [-0.15, -0.1) is 10.2 Å². The van der Waals surface area contributed by atoms with Gasteiger partial charge in [0.15, 0.2) is 10.3 Å². The van der Waals surface area contributed by atoms with Crippen molar-refractivity contribution in [1.29, 1.82) is 0 Å². The number of H-pyrrole nitrogens is 1. The van der Waals surface area contributed by atoms with Crippen LogP contribution in [0.2, 0.25) is 10.3 Å². The Morgan fingerprint density at radius 2 is 2.20 bits per heavy atom. The summed E-state index contributed by atoms with van der Waals surface area (Å²) in [4.78, 5) is 11.9. The van der Waals surface area contributed by atoms with Crippen LogP contribution < -0.4 is 5.32 Å². The number of nitrogens with zero attached hydrogens (tertiary/aromatic N) is 3. The Kier molecular flexibility index (Phi) is 4.92. The second-order valence-corrected chi connectivity index (χ2v) is 5.00. The van der Waals surface area contributed by atoms with E-state index in [2.05, 4.69) is 25.7 Å². The van der Waals surface area contributed by atoms with Crippen molar-refractivity contribution in [3.8, 4) is 0 Å². The predicted octanol–water partition coefficient (Wildman–Crippen LogP) is 2.18. The summed E-state index contributed by atoms with van der Waals surface area (Å²) in [6.45, 7) is 2.49. The monoisotopic (exact) mass is 313 g/mol. The molecule has 2 heterocycles. The molecule has 0 saturated carbocycles. The molecule has 2 aromatic heterocycles. The second kappa shape index (κ2) is 6.67. The number of rotatable bonds is 5. The lowest BCUT2D eigenvalue weighted by molar-refractivity contribution is 0.0953. The number of aromatic amines is 1. The maximum Gasteiger partial charge on any atom is 0.254 e. The third-order valence-corrected chi connectivity index (χ3v) is 3.27. The number of carbonyl (C=O) groups is 1. The quantitative estimate of drug-likeness (QED) is 0.829. The van der Waals surface area contributed by atoms with E-state index in [0.29, 0.717) is 6.54 Å². The molecule has 0 aromatic carbocycles. The number of aromatic nitrogens is 4. The van der Waals surface area contributed by atoms with Crippen LogP contribution in [0, 0.1) is 6.92 Å². The van der Waals surface area contributed by atoms with Crippen LogP contribution in [0.25, 0.3) is 0 Å². The highest BCUT2D eigenvalue weighted by molar-refractivity contribution is 6.34. The van der Waals surface area contributed by atoms with E-state index >= 15 is 0 Å². The van der Waals surface area contributed by atoms with Crippen molar-refractivity contribution < 1.29 is 4.79 Å². The fourth-order valence-electron chi connectivity index (χ4n) is 1.72. The number of halogens is 2. The van der Waals surface area contributed by atoms with Crippen LogP contribution in [0.3, 0.4) is 0 Å². The fourth-order valence-corrected chi connectivity index (χ4v) is 2.04. The van der Waals surface area contributed by atoms with Gasteiger partial charge in [-0.25, -0.2) is 0 Å². The molecule has 0 aliphatic rings.